The minimum atomic E-state index is -0.0419. The van der Waals surface area contributed by atoms with Gasteiger partial charge in [-0.1, -0.05) is 5.59 Å². The number of hydrazine groups is 1. The maximum absolute atomic E-state index is 5.43. The zero-order valence-corrected chi connectivity index (χ0v) is 6.62. The predicted octanol–water partition coefficient (Wildman–Crippen LogP) is -1.56. The fourth-order valence-corrected chi connectivity index (χ4v) is 1.17. The van der Waals surface area contributed by atoms with Crippen LogP contribution < -0.4 is 16.6 Å². The van der Waals surface area contributed by atoms with Crippen LogP contribution >= 0.6 is 0 Å². The lowest BCUT2D eigenvalue weighted by Gasteiger charge is -2.29. The van der Waals surface area contributed by atoms with Crippen molar-refractivity contribution in [3.05, 3.63) is 12.1 Å². The van der Waals surface area contributed by atoms with Gasteiger partial charge in [0.15, 0.2) is 6.23 Å². The Morgan fingerprint density at radius 3 is 3.17 bits per heavy atom. The Morgan fingerprint density at radius 1 is 1.67 bits per heavy atom. The maximum atomic E-state index is 5.43. The van der Waals surface area contributed by atoms with Crippen molar-refractivity contribution in [1.82, 2.24) is 15.9 Å². The molecule has 1 saturated heterocycles. The molecule has 0 aromatic carbocycles. The Bertz CT molecular complexity index is 190. The van der Waals surface area contributed by atoms with Gasteiger partial charge in [-0.2, -0.15) is 0 Å². The van der Waals surface area contributed by atoms with Crippen LogP contribution in [0.1, 0.15) is 0 Å². The van der Waals surface area contributed by atoms with Gasteiger partial charge in [-0.25, -0.2) is 5.01 Å². The highest BCUT2D eigenvalue weighted by Gasteiger charge is 2.23. The maximum Gasteiger partial charge on any atom is 0.229 e. The first-order chi connectivity index (χ1) is 5.86. The summed E-state index contributed by atoms with van der Waals surface area (Å²) in [5.41, 5.74) is 8.02. The minimum Gasteiger partial charge on any atom is -0.370 e. The molecule has 6 nitrogen and oxygen atoms in total. The normalized spacial score (nSPS) is 29.8. The van der Waals surface area contributed by atoms with E-state index >= 15 is 0 Å². The van der Waals surface area contributed by atoms with Crippen LogP contribution in [0, 0.1) is 0 Å². The fraction of sp³-hybridized carbons (Fsp3) is 0.667. The summed E-state index contributed by atoms with van der Waals surface area (Å²) in [7, 11) is 0. The van der Waals surface area contributed by atoms with Crippen molar-refractivity contribution < 1.29 is 9.57 Å². The molecule has 0 amide bonds. The molecule has 0 aromatic heterocycles. The summed E-state index contributed by atoms with van der Waals surface area (Å²) in [6, 6.07) is 0. The van der Waals surface area contributed by atoms with Crippen LogP contribution in [0.2, 0.25) is 0 Å². The first kappa shape index (κ1) is 7.66. The van der Waals surface area contributed by atoms with E-state index in [1.165, 1.54) is 0 Å². The van der Waals surface area contributed by atoms with E-state index < -0.39 is 0 Å². The molecule has 12 heavy (non-hydrogen) atoms. The molecule has 6 heteroatoms. The van der Waals surface area contributed by atoms with Crippen LogP contribution in [0.15, 0.2) is 12.1 Å². The highest BCUT2D eigenvalue weighted by molar-refractivity contribution is 4.90. The number of ether oxygens (including phenoxy) is 1. The Balaban J connectivity index is 1.91. The quantitative estimate of drug-likeness (QED) is 0.444. The second kappa shape index (κ2) is 3.18. The topological polar surface area (TPSA) is 71.8 Å². The number of rotatable bonds is 1. The molecule has 1 fully saturated rings. The van der Waals surface area contributed by atoms with Crippen LogP contribution in [-0.4, -0.2) is 30.9 Å². The number of nitrogens with two attached hydrogens (primary N) is 1. The van der Waals surface area contributed by atoms with Gasteiger partial charge >= 0.3 is 0 Å². The zero-order chi connectivity index (χ0) is 8.39. The van der Waals surface area contributed by atoms with E-state index in [-0.39, 0.29) is 6.23 Å². The van der Waals surface area contributed by atoms with Crippen molar-refractivity contribution in [2.24, 2.45) is 5.73 Å². The molecule has 1 atom stereocenters. The number of hydrogen-bond donors (Lipinski definition) is 3. The van der Waals surface area contributed by atoms with Gasteiger partial charge in [0.05, 0.1) is 12.8 Å². The lowest BCUT2D eigenvalue weighted by molar-refractivity contribution is -0.118. The van der Waals surface area contributed by atoms with Gasteiger partial charge in [0.1, 0.15) is 0 Å². The molecule has 68 valence electrons. The Labute approximate surface area is 70.2 Å². The predicted molar refractivity (Wildman–Crippen MR) is 40.9 cm³/mol. The van der Waals surface area contributed by atoms with Gasteiger partial charge in [0, 0.05) is 13.1 Å². The molecule has 0 aromatic rings. The second-order valence-corrected chi connectivity index (χ2v) is 2.66. The lowest BCUT2D eigenvalue weighted by Crippen LogP contribution is -2.50. The molecule has 2 heterocycles. The SMILES string of the molecule is NC1=CN(C2CNCCO2)NO1. The van der Waals surface area contributed by atoms with Gasteiger partial charge in [-0.15, -0.1) is 0 Å². The number of nitrogens with one attached hydrogen (secondary N) is 2. The van der Waals surface area contributed by atoms with Crippen molar-refractivity contribution in [2.75, 3.05) is 19.7 Å². The van der Waals surface area contributed by atoms with Crippen molar-refractivity contribution >= 4 is 0 Å². The standard InChI is InChI=1S/C6H12N4O2/c7-5-4-10(9-12-5)6-3-8-1-2-11-6/h4,6,8-9H,1-3,7H2. The van der Waals surface area contributed by atoms with E-state index in [9.17, 15) is 0 Å². The number of morpholine rings is 1. The third kappa shape index (κ3) is 1.45. The first-order valence-electron chi connectivity index (χ1n) is 3.87. The van der Waals surface area contributed by atoms with Crippen molar-refractivity contribution in [3.63, 3.8) is 0 Å². The molecular weight excluding hydrogens is 160 g/mol. The molecule has 1 unspecified atom stereocenters. The van der Waals surface area contributed by atoms with Crippen molar-refractivity contribution in [1.29, 1.82) is 0 Å². The summed E-state index contributed by atoms with van der Waals surface area (Å²) in [4.78, 5) is 4.83. The third-order valence-corrected chi connectivity index (χ3v) is 1.75. The lowest BCUT2D eigenvalue weighted by atomic mass is 10.4. The third-order valence-electron chi connectivity index (χ3n) is 1.75. The summed E-state index contributed by atoms with van der Waals surface area (Å²) in [6.45, 7) is 2.36. The molecule has 2 aliphatic heterocycles. The van der Waals surface area contributed by atoms with Crippen LogP contribution in [0.4, 0.5) is 0 Å². The Morgan fingerprint density at radius 2 is 2.58 bits per heavy atom. The molecule has 2 rings (SSSR count). The summed E-state index contributed by atoms with van der Waals surface area (Å²) >= 11 is 0. The largest absolute Gasteiger partial charge is 0.370 e. The summed E-state index contributed by atoms with van der Waals surface area (Å²) < 4.78 is 5.43. The molecule has 4 N–H and O–H groups in total. The summed E-state index contributed by atoms with van der Waals surface area (Å²) in [5.74, 6) is 0.351. The minimum absolute atomic E-state index is 0.0419. The van der Waals surface area contributed by atoms with Gasteiger partial charge < -0.3 is 20.6 Å². The molecule has 0 radical (unpaired) electrons. The van der Waals surface area contributed by atoms with Crippen molar-refractivity contribution in [2.45, 2.75) is 6.23 Å². The monoisotopic (exact) mass is 172 g/mol. The van der Waals surface area contributed by atoms with Crippen LogP contribution in [0.25, 0.3) is 0 Å². The van der Waals surface area contributed by atoms with E-state index in [0.717, 1.165) is 13.1 Å². The molecule has 2 aliphatic rings. The van der Waals surface area contributed by atoms with Crippen LogP contribution in [0.3, 0.4) is 0 Å². The van der Waals surface area contributed by atoms with Crippen LogP contribution in [0.5, 0.6) is 0 Å². The Hall–Kier alpha value is -0.980. The second-order valence-electron chi connectivity index (χ2n) is 2.66. The zero-order valence-electron chi connectivity index (χ0n) is 6.62. The average Bonchev–Trinajstić information content (AvgIpc) is 2.54. The van der Waals surface area contributed by atoms with Gasteiger partial charge in [-0.05, 0) is 0 Å². The number of hydrogen-bond acceptors (Lipinski definition) is 6. The molecule has 0 spiro atoms. The van der Waals surface area contributed by atoms with E-state index in [4.69, 9.17) is 15.3 Å². The molecule has 0 bridgehead atoms. The van der Waals surface area contributed by atoms with Crippen molar-refractivity contribution in [3.8, 4) is 0 Å². The fourth-order valence-electron chi connectivity index (χ4n) is 1.17. The van der Waals surface area contributed by atoms with E-state index in [0.29, 0.717) is 12.5 Å². The van der Waals surface area contributed by atoms with E-state index in [2.05, 4.69) is 10.9 Å². The Kier molecular flexibility index (Phi) is 2.03. The van der Waals surface area contributed by atoms with E-state index in [1.54, 1.807) is 11.2 Å². The smallest absolute Gasteiger partial charge is 0.229 e. The highest BCUT2D eigenvalue weighted by Crippen LogP contribution is 2.07. The number of nitrogens with zero attached hydrogens (tertiary/aromatic N) is 1. The molecular formula is C6H12N4O2. The summed E-state index contributed by atoms with van der Waals surface area (Å²) in [5, 5.41) is 4.89. The first-order valence-corrected chi connectivity index (χ1v) is 3.87. The highest BCUT2D eigenvalue weighted by atomic mass is 16.7. The van der Waals surface area contributed by atoms with Gasteiger partial charge in [-0.3, -0.25) is 0 Å². The average molecular weight is 172 g/mol. The molecule has 0 aliphatic carbocycles. The van der Waals surface area contributed by atoms with Gasteiger partial charge in [0.25, 0.3) is 0 Å². The van der Waals surface area contributed by atoms with Gasteiger partial charge in [0.2, 0.25) is 5.88 Å². The van der Waals surface area contributed by atoms with E-state index in [1.807, 2.05) is 0 Å². The van der Waals surface area contributed by atoms with Crippen LogP contribution in [-0.2, 0) is 9.57 Å². The molecule has 0 saturated carbocycles. The summed E-state index contributed by atoms with van der Waals surface area (Å²) in [6.07, 6.45) is 1.62.